The van der Waals surface area contributed by atoms with Crippen molar-refractivity contribution in [2.24, 2.45) is 0 Å². The summed E-state index contributed by atoms with van der Waals surface area (Å²) < 4.78 is 133. The zero-order chi connectivity index (χ0) is 35.3. The Balaban J connectivity index is 2.01. The molecule has 2 heterocycles. The summed E-state index contributed by atoms with van der Waals surface area (Å²) in [6.07, 6.45) is -9.67. The summed E-state index contributed by atoms with van der Waals surface area (Å²) in [6, 6.07) is 8.23. The molecule has 4 rings (SSSR count). The van der Waals surface area contributed by atoms with Crippen LogP contribution in [0, 0.1) is 6.92 Å². The number of aromatic nitrogens is 1. The topological polar surface area (TPSA) is 39.7 Å². The first kappa shape index (κ1) is 23.0. The lowest BCUT2D eigenvalue weighted by Crippen LogP contribution is -2.45. The van der Waals surface area contributed by atoms with Gasteiger partial charge in [0.05, 0.1) is 28.4 Å². The maximum Gasteiger partial charge on any atom is 0.416 e. The van der Waals surface area contributed by atoms with E-state index in [0.717, 1.165) is 20.1 Å². The van der Waals surface area contributed by atoms with E-state index in [1.807, 2.05) is 11.9 Å². The summed E-state index contributed by atoms with van der Waals surface area (Å²) in [5, 5.41) is 0. The molecule has 2 aromatic carbocycles. The van der Waals surface area contributed by atoms with Crippen LogP contribution < -0.4 is 9.80 Å². The van der Waals surface area contributed by atoms with Crippen LogP contribution in [0.4, 0.5) is 37.8 Å². The molecule has 1 amide bonds. The lowest BCUT2D eigenvalue weighted by Gasteiger charge is -2.35. The Labute approximate surface area is 243 Å². The second-order valence-corrected chi connectivity index (χ2v) is 10.1. The number of alkyl halides is 6. The maximum absolute atomic E-state index is 14.5. The summed E-state index contributed by atoms with van der Waals surface area (Å²) >= 11 is 0. The van der Waals surface area contributed by atoms with Crippen LogP contribution in [0.25, 0.3) is 11.1 Å². The van der Waals surface area contributed by atoms with Gasteiger partial charge < -0.3 is 14.7 Å². The Hall–Kier alpha value is -3.60. The van der Waals surface area contributed by atoms with Crippen LogP contribution in [-0.4, -0.2) is 56.1 Å². The van der Waals surface area contributed by atoms with Crippen LogP contribution in [-0.2, 0) is 22.6 Å². The van der Waals surface area contributed by atoms with Crippen LogP contribution in [0.1, 0.15) is 44.2 Å². The molecule has 0 saturated carbocycles. The van der Waals surface area contributed by atoms with Gasteiger partial charge >= 0.3 is 12.4 Å². The lowest BCUT2D eigenvalue weighted by atomic mass is 9.81. The number of pyridine rings is 1. The molecule has 0 bridgehead atoms. The molecule has 0 N–H and O–H groups in total. The number of nitrogens with zero attached hydrogens (tertiary/aromatic N) is 4. The largest absolute Gasteiger partial charge is 0.416 e. The van der Waals surface area contributed by atoms with Crippen molar-refractivity contribution < 1.29 is 39.4 Å². The number of aryl methyl sites for hydroxylation is 1. The number of anilines is 2. The van der Waals surface area contributed by atoms with E-state index in [-0.39, 0.29) is 23.9 Å². The molecule has 0 unspecified atom stereocenters. The van der Waals surface area contributed by atoms with Crippen molar-refractivity contribution in [1.29, 1.82) is 0 Å². The number of benzene rings is 2. The van der Waals surface area contributed by atoms with Gasteiger partial charge in [0.2, 0.25) is 5.91 Å². The number of hydrogen-bond donors (Lipinski definition) is 0. The van der Waals surface area contributed by atoms with Crippen LogP contribution in [0.15, 0.2) is 54.7 Å². The molecule has 1 aliphatic heterocycles. The molecule has 41 heavy (non-hydrogen) atoms. The fourth-order valence-corrected chi connectivity index (χ4v) is 4.66. The standard InChI is InChI=1S/C30H32F6N4O/c1-19-8-6-7-9-23(19)24-17-26(40-12-10-38(4)11-13-40)37-18-25(24)39(5)27(41)28(2,3)20-14-21(29(31,32)33)16-22(15-20)30(34,35)36/h6-9,14-18H,10-13H2,1-5H3/i2D3,3D3. The monoisotopic (exact) mass is 584 g/mol. The molecule has 11 heteroatoms. The molecular weight excluding hydrogens is 546 g/mol. The highest BCUT2D eigenvalue weighted by Crippen LogP contribution is 2.41. The highest BCUT2D eigenvalue weighted by molar-refractivity contribution is 6.03. The molecule has 1 saturated heterocycles. The normalized spacial score (nSPS) is 18.0. The van der Waals surface area contributed by atoms with Crippen molar-refractivity contribution in [3.05, 3.63) is 77.0 Å². The molecule has 0 aliphatic carbocycles. The Bertz CT molecular complexity index is 1590. The van der Waals surface area contributed by atoms with Crippen LogP contribution in [0.3, 0.4) is 0 Å². The van der Waals surface area contributed by atoms with Gasteiger partial charge in [-0.15, -0.1) is 0 Å². The van der Waals surface area contributed by atoms with Crippen molar-refractivity contribution in [3.8, 4) is 11.1 Å². The number of halogens is 6. The van der Waals surface area contributed by atoms with Crippen LogP contribution in [0.2, 0.25) is 0 Å². The molecule has 0 atom stereocenters. The number of carbonyl (C=O) groups is 1. The zero-order valence-corrected chi connectivity index (χ0v) is 22.5. The minimum atomic E-state index is -5.44. The Morgan fingerprint density at radius 1 is 0.878 bits per heavy atom. The molecule has 1 aliphatic rings. The highest BCUT2D eigenvalue weighted by Gasteiger charge is 2.41. The first-order chi connectivity index (χ1) is 21.5. The van der Waals surface area contributed by atoms with Gasteiger partial charge in [-0.25, -0.2) is 4.98 Å². The number of amides is 1. The second kappa shape index (κ2) is 11.0. The molecule has 1 fully saturated rings. The molecule has 5 nitrogen and oxygen atoms in total. The van der Waals surface area contributed by atoms with Gasteiger partial charge in [-0.1, -0.05) is 24.3 Å². The predicted molar refractivity (Wildman–Crippen MR) is 147 cm³/mol. The van der Waals surface area contributed by atoms with Crippen molar-refractivity contribution in [2.45, 2.75) is 38.4 Å². The van der Waals surface area contributed by atoms with Crippen molar-refractivity contribution in [3.63, 3.8) is 0 Å². The fraction of sp³-hybridized carbons (Fsp3) is 0.400. The molecule has 3 aromatic rings. The van der Waals surface area contributed by atoms with Gasteiger partial charge in [-0.3, -0.25) is 4.79 Å². The van der Waals surface area contributed by atoms with Gasteiger partial charge in [0.15, 0.2) is 0 Å². The smallest absolute Gasteiger partial charge is 0.354 e. The number of carbonyl (C=O) groups excluding carboxylic acids is 1. The van der Waals surface area contributed by atoms with E-state index in [1.54, 1.807) is 37.3 Å². The first-order valence-corrected chi connectivity index (χ1v) is 12.6. The van der Waals surface area contributed by atoms with Gasteiger partial charge in [0.1, 0.15) is 5.82 Å². The first-order valence-electron chi connectivity index (χ1n) is 15.6. The summed E-state index contributed by atoms with van der Waals surface area (Å²) in [5.74, 6) is -1.28. The average molecular weight is 585 g/mol. The Morgan fingerprint density at radius 3 is 1.98 bits per heavy atom. The van der Waals surface area contributed by atoms with E-state index in [0.29, 0.717) is 40.5 Å². The summed E-state index contributed by atoms with van der Waals surface area (Å²) in [4.78, 5) is 23.6. The summed E-state index contributed by atoms with van der Waals surface area (Å²) in [5.41, 5.74) is -7.81. The minimum Gasteiger partial charge on any atom is -0.354 e. The van der Waals surface area contributed by atoms with Crippen LogP contribution >= 0.6 is 0 Å². The summed E-state index contributed by atoms with van der Waals surface area (Å²) in [7, 11) is 2.97. The lowest BCUT2D eigenvalue weighted by molar-refractivity contribution is -0.143. The van der Waals surface area contributed by atoms with Gasteiger partial charge in [-0.2, -0.15) is 26.3 Å². The van der Waals surface area contributed by atoms with Crippen molar-refractivity contribution >= 4 is 17.4 Å². The van der Waals surface area contributed by atoms with E-state index < -0.39 is 54.1 Å². The zero-order valence-electron chi connectivity index (χ0n) is 28.5. The number of likely N-dealkylation sites (N-methyl/N-ethyl adjacent to an activating group) is 2. The molecule has 220 valence electrons. The number of hydrogen-bond acceptors (Lipinski definition) is 4. The van der Waals surface area contributed by atoms with Crippen molar-refractivity contribution in [1.82, 2.24) is 9.88 Å². The Morgan fingerprint density at radius 2 is 1.44 bits per heavy atom. The minimum absolute atomic E-state index is 0.0172. The molecular formula is C30H32F6N4O. The number of piperazine rings is 1. The van der Waals surface area contributed by atoms with Crippen molar-refractivity contribution in [2.75, 3.05) is 50.1 Å². The fourth-order valence-electron chi connectivity index (χ4n) is 4.66. The second-order valence-electron chi connectivity index (χ2n) is 10.1. The average Bonchev–Trinajstić information content (AvgIpc) is 2.95. The van der Waals surface area contributed by atoms with Gasteiger partial charge in [-0.05, 0) is 68.6 Å². The Kier molecular flexibility index (Phi) is 6.17. The van der Waals surface area contributed by atoms with E-state index in [9.17, 15) is 31.1 Å². The van der Waals surface area contributed by atoms with E-state index >= 15 is 0 Å². The molecule has 1 aromatic heterocycles. The SMILES string of the molecule is [2H]C([2H])([2H])C(C(=O)N(C)c1cnc(N2CCN(C)CC2)cc1-c1ccccc1C)(c1cc(C(F)(F)F)cc(C(F)(F)F)c1)C([2H])([2H])[2H]. The predicted octanol–water partition coefficient (Wildman–Crippen LogP) is 6.79. The molecule has 0 radical (unpaired) electrons. The van der Waals surface area contributed by atoms with E-state index in [2.05, 4.69) is 9.88 Å². The third kappa shape index (κ3) is 6.34. The third-order valence-electron chi connectivity index (χ3n) is 7.14. The van der Waals surface area contributed by atoms with E-state index in [1.165, 1.54) is 6.20 Å². The quantitative estimate of drug-likeness (QED) is 0.310. The summed E-state index contributed by atoms with van der Waals surface area (Å²) in [6.45, 7) is -3.53. The number of rotatable bonds is 5. The van der Waals surface area contributed by atoms with Gasteiger partial charge in [0.25, 0.3) is 0 Å². The highest BCUT2D eigenvalue weighted by atomic mass is 19.4. The third-order valence-corrected chi connectivity index (χ3v) is 7.14. The van der Waals surface area contributed by atoms with E-state index in [4.69, 9.17) is 8.22 Å². The maximum atomic E-state index is 14.5. The molecule has 0 spiro atoms. The van der Waals surface area contributed by atoms with Crippen LogP contribution in [0.5, 0.6) is 0 Å². The van der Waals surface area contributed by atoms with Gasteiger partial charge in [0, 0.05) is 47.0 Å².